The zero-order valence-electron chi connectivity index (χ0n) is 9.86. The highest BCUT2D eigenvalue weighted by Crippen LogP contribution is 2.38. The Hall–Kier alpha value is -1.23. The zero-order valence-corrected chi connectivity index (χ0v) is 9.86. The van der Waals surface area contributed by atoms with E-state index in [1.165, 1.54) is 6.42 Å². The van der Waals surface area contributed by atoms with Gasteiger partial charge in [0.2, 0.25) is 5.95 Å². The van der Waals surface area contributed by atoms with Crippen molar-refractivity contribution in [2.75, 3.05) is 12.8 Å². The molecular formula is C11H18N4O. The van der Waals surface area contributed by atoms with Crippen molar-refractivity contribution in [1.29, 1.82) is 0 Å². The minimum atomic E-state index is -0.347. The van der Waals surface area contributed by atoms with Gasteiger partial charge < -0.3 is 10.5 Å². The number of ether oxygens (including phenoxy) is 1. The topological polar surface area (TPSA) is 73.9 Å². The Morgan fingerprint density at radius 2 is 1.81 bits per heavy atom. The third-order valence-corrected chi connectivity index (χ3v) is 3.22. The van der Waals surface area contributed by atoms with Crippen LogP contribution < -0.4 is 5.73 Å². The first-order valence-corrected chi connectivity index (χ1v) is 5.70. The number of aromatic nitrogens is 3. The number of aryl methyl sites for hydroxylation is 1. The lowest BCUT2D eigenvalue weighted by Gasteiger charge is -2.34. The van der Waals surface area contributed by atoms with Crippen molar-refractivity contribution in [3.8, 4) is 0 Å². The van der Waals surface area contributed by atoms with Gasteiger partial charge in [-0.1, -0.05) is 19.3 Å². The van der Waals surface area contributed by atoms with Gasteiger partial charge in [-0.3, -0.25) is 0 Å². The lowest BCUT2D eigenvalue weighted by molar-refractivity contribution is -0.0516. The van der Waals surface area contributed by atoms with Crippen molar-refractivity contribution in [2.45, 2.75) is 44.6 Å². The predicted molar refractivity (Wildman–Crippen MR) is 60.7 cm³/mol. The molecule has 1 aliphatic carbocycles. The van der Waals surface area contributed by atoms with E-state index < -0.39 is 0 Å². The Bertz CT molecular complexity index is 354. The van der Waals surface area contributed by atoms with Crippen molar-refractivity contribution in [1.82, 2.24) is 15.0 Å². The summed E-state index contributed by atoms with van der Waals surface area (Å²) in [5.41, 5.74) is 5.31. The van der Waals surface area contributed by atoms with Crippen molar-refractivity contribution in [2.24, 2.45) is 0 Å². The maximum Gasteiger partial charge on any atom is 0.223 e. The first-order chi connectivity index (χ1) is 7.66. The number of hydrogen-bond acceptors (Lipinski definition) is 5. The van der Waals surface area contributed by atoms with Crippen LogP contribution in [-0.2, 0) is 10.3 Å². The van der Waals surface area contributed by atoms with Gasteiger partial charge in [0, 0.05) is 7.11 Å². The van der Waals surface area contributed by atoms with E-state index in [9.17, 15) is 0 Å². The summed E-state index contributed by atoms with van der Waals surface area (Å²) in [7, 11) is 1.72. The molecule has 0 unspecified atom stereocenters. The number of nitrogen functional groups attached to an aromatic ring is 1. The van der Waals surface area contributed by atoms with E-state index in [1.807, 2.05) is 6.92 Å². The van der Waals surface area contributed by atoms with Gasteiger partial charge >= 0.3 is 0 Å². The fourth-order valence-corrected chi connectivity index (χ4v) is 2.35. The Morgan fingerprint density at radius 3 is 2.38 bits per heavy atom. The molecule has 0 amide bonds. The SMILES string of the molecule is COC1(c2nc(C)nc(N)n2)CCCCC1. The average Bonchev–Trinajstić information content (AvgIpc) is 2.28. The lowest BCUT2D eigenvalue weighted by Crippen LogP contribution is -2.34. The molecule has 88 valence electrons. The molecule has 1 heterocycles. The molecule has 5 heteroatoms. The van der Waals surface area contributed by atoms with Crippen molar-refractivity contribution < 1.29 is 4.74 Å². The predicted octanol–water partition coefficient (Wildman–Crippen LogP) is 1.57. The van der Waals surface area contributed by atoms with Crippen LogP contribution in [0.1, 0.15) is 43.8 Å². The van der Waals surface area contributed by atoms with Crippen LogP contribution in [0.5, 0.6) is 0 Å². The third-order valence-electron chi connectivity index (χ3n) is 3.22. The quantitative estimate of drug-likeness (QED) is 0.822. The molecule has 0 atom stereocenters. The van der Waals surface area contributed by atoms with Crippen molar-refractivity contribution in [3.63, 3.8) is 0 Å². The molecule has 0 aromatic carbocycles. The first kappa shape index (κ1) is 11.3. The second-order valence-corrected chi connectivity index (χ2v) is 4.32. The summed E-state index contributed by atoms with van der Waals surface area (Å²) in [6, 6.07) is 0. The minimum Gasteiger partial charge on any atom is -0.370 e. The monoisotopic (exact) mass is 222 g/mol. The van der Waals surface area contributed by atoms with Gasteiger partial charge in [-0.25, -0.2) is 4.98 Å². The Kier molecular flexibility index (Phi) is 3.05. The number of nitrogens with zero attached hydrogens (tertiary/aromatic N) is 3. The summed E-state index contributed by atoms with van der Waals surface area (Å²) < 4.78 is 5.67. The molecule has 0 radical (unpaired) electrons. The number of methoxy groups -OCH3 is 1. The Labute approximate surface area is 95.5 Å². The van der Waals surface area contributed by atoms with Gasteiger partial charge in [-0.2, -0.15) is 9.97 Å². The maximum absolute atomic E-state index is 5.67. The van der Waals surface area contributed by atoms with Crippen LogP contribution in [0.2, 0.25) is 0 Å². The van der Waals surface area contributed by atoms with E-state index in [4.69, 9.17) is 10.5 Å². The molecule has 0 aliphatic heterocycles. The van der Waals surface area contributed by atoms with Gasteiger partial charge in [-0.15, -0.1) is 0 Å². The molecule has 1 saturated carbocycles. The van der Waals surface area contributed by atoms with Crippen LogP contribution in [-0.4, -0.2) is 22.1 Å². The molecule has 1 aliphatic rings. The third kappa shape index (κ3) is 2.00. The summed E-state index contributed by atoms with van der Waals surface area (Å²) in [6.07, 6.45) is 5.49. The van der Waals surface area contributed by atoms with Crippen LogP contribution in [0.15, 0.2) is 0 Å². The van der Waals surface area contributed by atoms with Crippen LogP contribution in [0, 0.1) is 6.92 Å². The van der Waals surface area contributed by atoms with Gasteiger partial charge in [-0.05, 0) is 19.8 Å². The van der Waals surface area contributed by atoms with Gasteiger partial charge in [0.05, 0.1) is 0 Å². The summed E-state index contributed by atoms with van der Waals surface area (Å²) in [5.74, 6) is 1.63. The molecule has 2 rings (SSSR count). The van der Waals surface area contributed by atoms with Gasteiger partial charge in [0.25, 0.3) is 0 Å². The number of nitrogens with two attached hydrogens (primary N) is 1. The van der Waals surface area contributed by atoms with E-state index >= 15 is 0 Å². The maximum atomic E-state index is 5.67. The Balaban J connectivity index is 2.38. The number of anilines is 1. The Morgan fingerprint density at radius 1 is 1.12 bits per heavy atom. The lowest BCUT2D eigenvalue weighted by atomic mass is 9.84. The highest BCUT2D eigenvalue weighted by Gasteiger charge is 2.37. The molecule has 0 saturated heterocycles. The van der Waals surface area contributed by atoms with Crippen molar-refractivity contribution >= 4 is 5.95 Å². The fourth-order valence-electron chi connectivity index (χ4n) is 2.35. The summed E-state index contributed by atoms with van der Waals surface area (Å²) in [6.45, 7) is 1.83. The van der Waals surface area contributed by atoms with Crippen LogP contribution in [0.4, 0.5) is 5.95 Å². The van der Waals surface area contributed by atoms with Gasteiger partial charge in [0.1, 0.15) is 11.4 Å². The molecule has 0 bridgehead atoms. The van der Waals surface area contributed by atoms with Crippen LogP contribution >= 0.6 is 0 Å². The molecule has 1 aromatic rings. The average molecular weight is 222 g/mol. The summed E-state index contributed by atoms with van der Waals surface area (Å²) in [4.78, 5) is 12.6. The molecule has 1 fully saturated rings. The minimum absolute atomic E-state index is 0.282. The molecule has 16 heavy (non-hydrogen) atoms. The molecule has 0 spiro atoms. The number of rotatable bonds is 2. The normalized spacial score (nSPS) is 19.6. The van der Waals surface area contributed by atoms with E-state index in [0.29, 0.717) is 11.6 Å². The standard InChI is InChI=1S/C11H18N4O/c1-8-13-9(15-10(12)14-8)11(16-2)6-4-3-5-7-11/h3-7H2,1-2H3,(H2,12,13,14,15). The zero-order chi connectivity index (χ0) is 11.6. The number of hydrogen-bond donors (Lipinski definition) is 1. The van der Waals surface area contributed by atoms with E-state index in [1.54, 1.807) is 7.11 Å². The first-order valence-electron chi connectivity index (χ1n) is 5.70. The van der Waals surface area contributed by atoms with E-state index in [2.05, 4.69) is 15.0 Å². The summed E-state index contributed by atoms with van der Waals surface area (Å²) >= 11 is 0. The highest BCUT2D eigenvalue weighted by molar-refractivity contribution is 5.18. The van der Waals surface area contributed by atoms with Crippen LogP contribution in [0.3, 0.4) is 0 Å². The smallest absolute Gasteiger partial charge is 0.223 e. The second-order valence-electron chi connectivity index (χ2n) is 4.32. The highest BCUT2D eigenvalue weighted by atomic mass is 16.5. The summed E-state index contributed by atoms with van der Waals surface area (Å²) in [5, 5.41) is 0. The van der Waals surface area contributed by atoms with Crippen molar-refractivity contribution in [3.05, 3.63) is 11.6 Å². The largest absolute Gasteiger partial charge is 0.370 e. The molecule has 5 nitrogen and oxygen atoms in total. The fraction of sp³-hybridized carbons (Fsp3) is 0.727. The molecule has 2 N–H and O–H groups in total. The van der Waals surface area contributed by atoms with E-state index in [0.717, 1.165) is 25.7 Å². The molecule has 1 aromatic heterocycles. The van der Waals surface area contributed by atoms with E-state index in [-0.39, 0.29) is 11.5 Å². The molecular weight excluding hydrogens is 204 g/mol. The van der Waals surface area contributed by atoms with Crippen LogP contribution in [0.25, 0.3) is 0 Å². The van der Waals surface area contributed by atoms with Gasteiger partial charge in [0.15, 0.2) is 5.82 Å². The second kappa shape index (κ2) is 4.33.